The first-order valence-corrected chi connectivity index (χ1v) is 7.67. The highest BCUT2D eigenvalue weighted by molar-refractivity contribution is 7.87. The van der Waals surface area contributed by atoms with Crippen LogP contribution in [-0.4, -0.2) is 30.4 Å². The average molecular weight is 297 g/mol. The van der Waals surface area contributed by atoms with Gasteiger partial charge in [-0.15, -0.1) is 3.89 Å². The summed E-state index contributed by atoms with van der Waals surface area (Å²) in [6, 6.07) is 8.91. The minimum Gasteiger partial charge on any atom is -0.278 e. The van der Waals surface area contributed by atoms with Crippen molar-refractivity contribution in [1.82, 2.24) is 4.90 Å². The molecule has 5 nitrogen and oxygen atoms in total. The van der Waals surface area contributed by atoms with Crippen LogP contribution in [0.25, 0.3) is 0 Å². The van der Waals surface area contributed by atoms with Gasteiger partial charge in [-0.3, -0.25) is 14.5 Å². The van der Waals surface area contributed by atoms with Crippen molar-refractivity contribution in [2.75, 3.05) is 0 Å². The zero-order valence-electron chi connectivity index (χ0n) is 10.4. The van der Waals surface area contributed by atoms with Gasteiger partial charge in [-0.05, 0) is 12.0 Å². The van der Waals surface area contributed by atoms with Crippen LogP contribution in [-0.2, 0) is 26.4 Å². The molecular weight excluding hydrogens is 285 g/mol. The van der Waals surface area contributed by atoms with Gasteiger partial charge in [0, 0.05) is 0 Å². The predicted molar refractivity (Wildman–Crippen MR) is 67.4 cm³/mol. The normalized spacial score (nSPS) is 29.2. The summed E-state index contributed by atoms with van der Waals surface area (Å²) in [4.78, 5) is 25.2. The molecule has 1 aromatic rings. The van der Waals surface area contributed by atoms with Gasteiger partial charge in [0.2, 0.25) is 11.8 Å². The van der Waals surface area contributed by atoms with Crippen molar-refractivity contribution in [2.24, 2.45) is 11.8 Å². The Kier molecular flexibility index (Phi) is 2.89. The van der Waals surface area contributed by atoms with Crippen LogP contribution in [0.15, 0.2) is 30.3 Å². The number of rotatable bonds is 3. The van der Waals surface area contributed by atoms with Crippen LogP contribution in [0.1, 0.15) is 12.0 Å². The summed E-state index contributed by atoms with van der Waals surface area (Å²) >= 11 is 0. The van der Waals surface area contributed by atoms with Gasteiger partial charge in [-0.1, -0.05) is 30.3 Å². The molecule has 1 saturated carbocycles. The van der Waals surface area contributed by atoms with E-state index in [2.05, 4.69) is 0 Å². The van der Waals surface area contributed by atoms with Gasteiger partial charge in [-0.25, -0.2) is 0 Å². The van der Waals surface area contributed by atoms with Crippen LogP contribution in [0.3, 0.4) is 0 Å². The van der Waals surface area contributed by atoms with Crippen LogP contribution >= 0.6 is 0 Å². The fraction of sp³-hybridized carbons (Fsp3) is 0.385. The Balaban J connectivity index is 1.82. The summed E-state index contributed by atoms with van der Waals surface area (Å²) in [5, 5.41) is -1.36. The Morgan fingerprint density at radius 2 is 1.80 bits per heavy atom. The van der Waals surface area contributed by atoms with Crippen LogP contribution in [0.5, 0.6) is 0 Å². The quantitative estimate of drug-likeness (QED) is 0.613. The van der Waals surface area contributed by atoms with Crippen molar-refractivity contribution in [3.05, 3.63) is 35.9 Å². The summed E-state index contributed by atoms with van der Waals surface area (Å²) < 4.78 is 34.9. The van der Waals surface area contributed by atoms with E-state index in [-0.39, 0.29) is 13.0 Å². The molecule has 2 amide bonds. The third-order valence-corrected chi connectivity index (χ3v) is 5.21. The molecule has 1 saturated heterocycles. The maximum Gasteiger partial charge on any atom is 0.306 e. The molecule has 1 aliphatic carbocycles. The number of hydrogen-bond donors (Lipinski definition) is 0. The molecule has 1 heterocycles. The first-order valence-electron chi connectivity index (χ1n) is 6.22. The largest absolute Gasteiger partial charge is 0.306 e. The van der Waals surface area contributed by atoms with Crippen LogP contribution in [0, 0.1) is 11.8 Å². The molecule has 0 aromatic heterocycles. The molecule has 3 rings (SSSR count). The Morgan fingerprint density at radius 1 is 1.15 bits per heavy atom. The fourth-order valence-corrected chi connectivity index (χ4v) is 3.99. The lowest BCUT2D eigenvalue weighted by molar-refractivity contribution is -0.140. The highest BCUT2D eigenvalue weighted by atomic mass is 32.3. The second-order valence-electron chi connectivity index (χ2n) is 5.13. The SMILES string of the molecule is O=C1[C@H]2[C@H](C[C@@H]2S(=O)(=O)F)C(=O)N1Cc1ccccc1. The number of hydrogen-bond acceptors (Lipinski definition) is 4. The van der Waals surface area contributed by atoms with Crippen molar-refractivity contribution < 1.29 is 21.9 Å². The molecule has 20 heavy (non-hydrogen) atoms. The van der Waals surface area contributed by atoms with E-state index in [1.807, 2.05) is 6.07 Å². The molecule has 2 aliphatic rings. The third kappa shape index (κ3) is 1.93. The van der Waals surface area contributed by atoms with Gasteiger partial charge in [0.15, 0.2) is 0 Å². The number of imide groups is 1. The zero-order valence-corrected chi connectivity index (χ0v) is 11.2. The highest BCUT2D eigenvalue weighted by Gasteiger charge is 2.62. The number of carbonyl (C=O) groups is 2. The molecule has 0 N–H and O–H groups in total. The Morgan fingerprint density at radius 3 is 2.40 bits per heavy atom. The van der Waals surface area contributed by atoms with Gasteiger partial charge < -0.3 is 0 Å². The van der Waals surface area contributed by atoms with Gasteiger partial charge in [0.1, 0.15) is 5.25 Å². The smallest absolute Gasteiger partial charge is 0.278 e. The predicted octanol–water partition coefficient (Wildman–Crippen LogP) is 0.859. The summed E-state index contributed by atoms with van der Waals surface area (Å²) in [5.41, 5.74) is 0.773. The molecule has 0 unspecified atom stereocenters. The van der Waals surface area contributed by atoms with E-state index in [0.717, 1.165) is 10.5 Å². The third-order valence-electron chi connectivity index (χ3n) is 4.00. The molecule has 0 radical (unpaired) electrons. The molecule has 2 fully saturated rings. The van der Waals surface area contributed by atoms with E-state index >= 15 is 0 Å². The minimum atomic E-state index is -4.77. The Hall–Kier alpha value is -1.76. The van der Waals surface area contributed by atoms with Crippen LogP contribution < -0.4 is 0 Å². The molecule has 1 aliphatic heterocycles. The van der Waals surface area contributed by atoms with E-state index in [1.165, 1.54) is 0 Å². The van der Waals surface area contributed by atoms with Crippen LogP contribution in [0.4, 0.5) is 3.89 Å². The number of benzene rings is 1. The summed E-state index contributed by atoms with van der Waals surface area (Å²) in [5.74, 6) is -2.70. The summed E-state index contributed by atoms with van der Waals surface area (Å²) in [6.07, 6.45) is -0.0979. The van der Waals surface area contributed by atoms with Gasteiger partial charge in [-0.2, -0.15) is 8.42 Å². The van der Waals surface area contributed by atoms with Crippen molar-refractivity contribution >= 4 is 22.0 Å². The number of nitrogens with zero attached hydrogens (tertiary/aromatic N) is 1. The van der Waals surface area contributed by atoms with Gasteiger partial charge >= 0.3 is 10.2 Å². The van der Waals surface area contributed by atoms with Gasteiger partial charge in [0.25, 0.3) is 0 Å². The maximum absolute atomic E-state index is 13.0. The van der Waals surface area contributed by atoms with E-state index < -0.39 is 39.1 Å². The van der Waals surface area contributed by atoms with E-state index in [9.17, 15) is 21.9 Å². The number of halogens is 1. The second kappa shape index (κ2) is 4.37. The van der Waals surface area contributed by atoms with Crippen molar-refractivity contribution in [2.45, 2.75) is 18.2 Å². The Labute approximate surface area is 115 Å². The number of fused-ring (bicyclic) bond motifs is 1. The molecule has 1 aromatic carbocycles. The van der Waals surface area contributed by atoms with Crippen molar-refractivity contribution in [1.29, 1.82) is 0 Å². The lowest BCUT2D eigenvalue weighted by atomic mass is 9.75. The maximum atomic E-state index is 13.0. The summed E-state index contributed by atoms with van der Waals surface area (Å²) in [6.45, 7) is 0.102. The van der Waals surface area contributed by atoms with E-state index in [4.69, 9.17) is 0 Å². The first kappa shape index (κ1) is 13.2. The fourth-order valence-electron chi connectivity index (χ4n) is 2.89. The lowest BCUT2D eigenvalue weighted by Gasteiger charge is -2.32. The molecule has 3 atom stereocenters. The number of amides is 2. The van der Waals surface area contributed by atoms with Gasteiger partial charge in [0.05, 0.1) is 18.4 Å². The minimum absolute atomic E-state index is 0.0979. The summed E-state index contributed by atoms with van der Waals surface area (Å²) in [7, 11) is -4.77. The molecule has 106 valence electrons. The topological polar surface area (TPSA) is 71.5 Å². The monoisotopic (exact) mass is 297 g/mol. The zero-order chi connectivity index (χ0) is 14.5. The molecule has 7 heteroatoms. The lowest BCUT2D eigenvalue weighted by Crippen LogP contribution is -2.46. The second-order valence-corrected chi connectivity index (χ2v) is 6.69. The van der Waals surface area contributed by atoms with Crippen molar-refractivity contribution in [3.63, 3.8) is 0 Å². The standard InChI is InChI=1S/C13H12FNO4S/c14-20(18,19)10-6-9-11(10)13(17)15(12(9)16)7-8-4-2-1-3-5-8/h1-5,9-11H,6-7H2/t9-,10-,11-/m0/s1. The molecule has 0 bridgehead atoms. The Bertz CT molecular complexity index is 673. The molecule has 0 spiro atoms. The van der Waals surface area contributed by atoms with E-state index in [1.54, 1.807) is 24.3 Å². The van der Waals surface area contributed by atoms with Crippen LogP contribution in [0.2, 0.25) is 0 Å². The highest BCUT2D eigenvalue weighted by Crippen LogP contribution is 2.47. The van der Waals surface area contributed by atoms with E-state index in [0.29, 0.717) is 0 Å². The average Bonchev–Trinajstić information content (AvgIpc) is 2.48. The number of carbonyl (C=O) groups excluding carboxylic acids is 2. The first-order chi connectivity index (χ1) is 9.39. The molecular formula is C13H12FNO4S. The number of likely N-dealkylation sites (tertiary alicyclic amines) is 1. The van der Waals surface area contributed by atoms with Crippen molar-refractivity contribution in [3.8, 4) is 0 Å².